The van der Waals surface area contributed by atoms with Crippen LogP contribution in [-0.2, 0) is 15.7 Å². The van der Waals surface area contributed by atoms with E-state index < -0.39 is 17.6 Å². The number of rotatable bonds is 5. The summed E-state index contributed by atoms with van der Waals surface area (Å²) in [5.41, 5.74) is -0.0212. The Hall–Kier alpha value is -1.80. The first kappa shape index (κ1) is 18.5. The Kier molecular flexibility index (Phi) is 6.06. The average Bonchev–Trinajstić information content (AvgIpc) is 2.53. The van der Waals surface area contributed by atoms with Crippen molar-refractivity contribution in [2.45, 2.75) is 13.1 Å². The van der Waals surface area contributed by atoms with Gasteiger partial charge in [0.2, 0.25) is 5.91 Å². The van der Waals surface area contributed by atoms with Crippen molar-refractivity contribution in [2.75, 3.05) is 56.7 Å². The minimum Gasteiger partial charge on any atom is -0.372 e. The number of carbonyl (C=O) groups is 1. The van der Waals surface area contributed by atoms with E-state index in [0.717, 1.165) is 25.2 Å². The second kappa shape index (κ2) is 7.85. The number of amides is 1. The zero-order valence-corrected chi connectivity index (χ0v) is 13.8. The highest BCUT2D eigenvalue weighted by Crippen LogP contribution is 2.35. The van der Waals surface area contributed by atoms with E-state index in [4.69, 9.17) is 4.74 Å². The first-order chi connectivity index (χ1) is 11.3. The summed E-state index contributed by atoms with van der Waals surface area (Å²) in [5.74, 6) is -0.466. The summed E-state index contributed by atoms with van der Waals surface area (Å²) in [7, 11) is 1.99. The zero-order chi connectivity index (χ0) is 17.7. The van der Waals surface area contributed by atoms with E-state index in [0.29, 0.717) is 25.4 Å². The summed E-state index contributed by atoms with van der Waals surface area (Å²) in [4.78, 5) is 16.0. The summed E-state index contributed by atoms with van der Waals surface area (Å²) in [6.07, 6.45) is -4.46. The number of anilines is 2. The van der Waals surface area contributed by atoms with E-state index in [2.05, 4.69) is 10.2 Å². The normalized spacial score (nSPS) is 16.3. The van der Waals surface area contributed by atoms with Crippen molar-refractivity contribution in [1.82, 2.24) is 4.90 Å². The molecule has 1 heterocycles. The molecule has 2 rings (SSSR count). The maximum Gasteiger partial charge on any atom is 0.416 e. The number of nitrogens with zero attached hydrogens (tertiary/aromatic N) is 2. The van der Waals surface area contributed by atoms with Gasteiger partial charge in [-0.25, -0.2) is 0 Å². The van der Waals surface area contributed by atoms with Gasteiger partial charge in [0, 0.05) is 32.8 Å². The molecule has 0 spiro atoms. The highest BCUT2D eigenvalue weighted by Gasteiger charge is 2.32. The van der Waals surface area contributed by atoms with Gasteiger partial charge in [0.05, 0.1) is 16.9 Å². The van der Waals surface area contributed by atoms with Gasteiger partial charge in [0.15, 0.2) is 0 Å². The lowest BCUT2D eigenvalue weighted by molar-refractivity contribution is -0.137. The fraction of sp³-hybridized carbons (Fsp3) is 0.562. The summed E-state index contributed by atoms with van der Waals surface area (Å²) in [6, 6.07) is 3.45. The Morgan fingerprint density at radius 1 is 1.25 bits per heavy atom. The fourth-order valence-electron chi connectivity index (χ4n) is 2.52. The third-order valence-corrected chi connectivity index (χ3v) is 3.88. The monoisotopic (exact) mass is 345 g/mol. The molecule has 0 unspecified atom stereocenters. The quantitative estimate of drug-likeness (QED) is 0.890. The summed E-state index contributed by atoms with van der Waals surface area (Å²) >= 11 is 0. The lowest BCUT2D eigenvalue weighted by Gasteiger charge is -2.35. The van der Waals surface area contributed by atoms with Gasteiger partial charge in [0.25, 0.3) is 0 Å². The number of nitrogens with one attached hydrogen (secondary N) is 1. The molecule has 0 saturated carbocycles. The third kappa shape index (κ3) is 4.85. The van der Waals surface area contributed by atoms with E-state index >= 15 is 0 Å². The highest BCUT2D eigenvalue weighted by atomic mass is 19.4. The smallest absolute Gasteiger partial charge is 0.372 e. The Bertz CT molecular complexity index is 570. The Labute approximate surface area is 139 Å². The Morgan fingerprint density at radius 3 is 2.50 bits per heavy atom. The summed E-state index contributed by atoms with van der Waals surface area (Å²) in [6.45, 7) is 4.93. The van der Waals surface area contributed by atoms with E-state index in [9.17, 15) is 18.0 Å². The number of alkyl halides is 3. The van der Waals surface area contributed by atoms with Crippen molar-refractivity contribution in [3.63, 3.8) is 0 Å². The van der Waals surface area contributed by atoms with Gasteiger partial charge in [0.1, 0.15) is 6.61 Å². The molecule has 1 fully saturated rings. The SMILES string of the molecule is CCOCC(=O)Nc1cc(C(F)(F)F)ccc1N1CCN(C)CC1. The van der Waals surface area contributed by atoms with Gasteiger partial charge < -0.3 is 19.9 Å². The molecule has 0 aliphatic carbocycles. The second-order valence-corrected chi connectivity index (χ2v) is 5.71. The zero-order valence-electron chi connectivity index (χ0n) is 13.8. The summed E-state index contributed by atoms with van der Waals surface area (Å²) in [5, 5.41) is 2.55. The van der Waals surface area contributed by atoms with Crippen molar-refractivity contribution in [1.29, 1.82) is 0 Å². The van der Waals surface area contributed by atoms with Crippen LogP contribution in [0.15, 0.2) is 18.2 Å². The van der Waals surface area contributed by atoms with Gasteiger partial charge in [-0.15, -0.1) is 0 Å². The molecule has 1 N–H and O–H groups in total. The number of halogens is 3. The van der Waals surface area contributed by atoms with Crippen molar-refractivity contribution < 1.29 is 22.7 Å². The maximum atomic E-state index is 13.0. The van der Waals surface area contributed by atoms with Gasteiger partial charge in [-0.05, 0) is 32.2 Å². The van der Waals surface area contributed by atoms with E-state index in [-0.39, 0.29) is 12.3 Å². The average molecular weight is 345 g/mol. The molecule has 0 atom stereocenters. The molecule has 5 nitrogen and oxygen atoms in total. The van der Waals surface area contributed by atoms with Gasteiger partial charge in [-0.2, -0.15) is 13.2 Å². The first-order valence-electron chi connectivity index (χ1n) is 7.83. The van der Waals surface area contributed by atoms with Gasteiger partial charge >= 0.3 is 6.18 Å². The molecular weight excluding hydrogens is 323 g/mol. The molecule has 1 aromatic carbocycles. The molecule has 1 saturated heterocycles. The molecule has 134 valence electrons. The predicted octanol–water partition coefficient (Wildman–Crippen LogP) is 2.43. The van der Waals surface area contributed by atoms with Crippen molar-refractivity contribution in [3.8, 4) is 0 Å². The van der Waals surface area contributed by atoms with Crippen LogP contribution in [0.1, 0.15) is 12.5 Å². The van der Waals surface area contributed by atoms with Crippen LogP contribution in [0.4, 0.5) is 24.5 Å². The topological polar surface area (TPSA) is 44.8 Å². The minimum absolute atomic E-state index is 0.166. The van der Waals surface area contributed by atoms with Crippen LogP contribution in [0.5, 0.6) is 0 Å². The lowest BCUT2D eigenvalue weighted by Crippen LogP contribution is -2.44. The number of ether oxygens (including phenoxy) is 1. The van der Waals surface area contributed by atoms with Crippen LogP contribution in [-0.4, -0.2) is 57.2 Å². The van der Waals surface area contributed by atoms with E-state index in [1.807, 2.05) is 11.9 Å². The van der Waals surface area contributed by atoms with E-state index in [1.165, 1.54) is 6.07 Å². The Balaban J connectivity index is 2.26. The van der Waals surface area contributed by atoms with Crippen molar-refractivity contribution in [3.05, 3.63) is 23.8 Å². The minimum atomic E-state index is -4.46. The Morgan fingerprint density at radius 2 is 1.92 bits per heavy atom. The summed E-state index contributed by atoms with van der Waals surface area (Å²) < 4.78 is 43.9. The third-order valence-electron chi connectivity index (χ3n) is 3.88. The molecule has 24 heavy (non-hydrogen) atoms. The molecule has 0 bridgehead atoms. The number of piperazine rings is 1. The van der Waals surface area contributed by atoms with Crippen LogP contribution in [0, 0.1) is 0 Å². The molecule has 1 aliphatic heterocycles. The number of carbonyl (C=O) groups excluding carboxylic acids is 1. The van der Waals surface area contributed by atoms with Crippen molar-refractivity contribution >= 4 is 17.3 Å². The number of benzene rings is 1. The molecule has 1 aromatic rings. The van der Waals surface area contributed by atoms with Crippen LogP contribution in [0.3, 0.4) is 0 Å². The van der Waals surface area contributed by atoms with Crippen LogP contribution in [0.2, 0.25) is 0 Å². The van der Waals surface area contributed by atoms with E-state index in [1.54, 1.807) is 6.92 Å². The standard InChI is InChI=1S/C16H22F3N3O2/c1-3-24-11-15(23)20-13-10-12(16(17,18)19)4-5-14(13)22-8-6-21(2)7-9-22/h4-5,10H,3,6-9,11H2,1-2H3,(H,20,23). The van der Waals surface area contributed by atoms with Crippen LogP contribution < -0.4 is 10.2 Å². The highest BCUT2D eigenvalue weighted by molar-refractivity contribution is 5.95. The molecule has 1 amide bonds. The largest absolute Gasteiger partial charge is 0.416 e. The number of likely N-dealkylation sites (N-methyl/N-ethyl adjacent to an activating group) is 1. The molecule has 8 heteroatoms. The van der Waals surface area contributed by atoms with Crippen LogP contribution in [0.25, 0.3) is 0 Å². The van der Waals surface area contributed by atoms with Gasteiger partial charge in [-0.3, -0.25) is 4.79 Å². The van der Waals surface area contributed by atoms with Crippen molar-refractivity contribution in [2.24, 2.45) is 0 Å². The predicted molar refractivity (Wildman–Crippen MR) is 86.3 cm³/mol. The first-order valence-corrected chi connectivity index (χ1v) is 7.83. The molecule has 1 aliphatic rings. The number of hydrogen-bond donors (Lipinski definition) is 1. The molecule has 0 radical (unpaired) electrons. The van der Waals surface area contributed by atoms with Crippen LogP contribution >= 0.6 is 0 Å². The fourth-order valence-corrected chi connectivity index (χ4v) is 2.52. The maximum absolute atomic E-state index is 13.0. The second-order valence-electron chi connectivity index (χ2n) is 5.71. The lowest BCUT2D eigenvalue weighted by atomic mass is 10.1. The number of hydrogen-bond acceptors (Lipinski definition) is 4. The van der Waals surface area contributed by atoms with Gasteiger partial charge in [-0.1, -0.05) is 0 Å². The molecular formula is C16H22F3N3O2. The molecule has 0 aromatic heterocycles.